The Bertz CT molecular complexity index is 788. The van der Waals surface area contributed by atoms with Gasteiger partial charge in [-0.1, -0.05) is 23.7 Å². The Labute approximate surface area is 162 Å². The Balaban J connectivity index is 2.13. The van der Waals surface area contributed by atoms with Gasteiger partial charge >= 0.3 is 5.97 Å². The molecular formula is C19H20ClNO6. The minimum atomic E-state index is -1.13. The van der Waals surface area contributed by atoms with Crippen LogP contribution in [0.25, 0.3) is 0 Å². The zero-order valence-corrected chi connectivity index (χ0v) is 15.7. The van der Waals surface area contributed by atoms with Crippen molar-refractivity contribution in [3.8, 4) is 17.2 Å². The quantitative estimate of drug-likeness (QED) is 0.705. The minimum Gasteiger partial charge on any atom is -0.497 e. The summed E-state index contributed by atoms with van der Waals surface area (Å²) in [6.45, 7) is -0.743. The maximum atomic E-state index is 12.5. The first-order valence-electron chi connectivity index (χ1n) is 8.01. The number of amides is 1. The molecule has 2 aromatic rings. The van der Waals surface area contributed by atoms with E-state index in [0.717, 1.165) is 0 Å². The molecule has 1 N–H and O–H groups in total. The number of carboxylic acid groups (broad SMARTS) is 1. The van der Waals surface area contributed by atoms with Gasteiger partial charge in [0.1, 0.15) is 23.8 Å². The van der Waals surface area contributed by atoms with E-state index in [9.17, 15) is 9.59 Å². The monoisotopic (exact) mass is 393 g/mol. The van der Waals surface area contributed by atoms with Gasteiger partial charge in [0.2, 0.25) is 0 Å². The van der Waals surface area contributed by atoms with Crippen LogP contribution in [0.1, 0.15) is 5.56 Å². The summed E-state index contributed by atoms with van der Waals surface area (Å²) in [4.78, 5) is 24.9. The van der Waals surface area contributed by atoms with E-state index in [0.29, 0.717) is 27.8 Å². The van der Waals surface area contributed by atoms with Gasteiger partial charge in [0.15, 0.2) is 6.61 Å². The topological polar surface area (TPSA) is 85.3 Å². The molecule has 0 aliphatic rings. The van der Waals surface area contributed by atoms with Crippen molar-refractivity contribution in [2.24, 2.45) is 0 Å². The van der Waals surface area contributed by atoms with Gasteiger partial charge in [0, 0.05) is 12.6 Å². The van der Waals surface area contributed by atoms with Crippen molar-refractivity contribution in [2.45, 2.75) is 6.54 Å². The van der Waals surface area contributed by atoms with Crippen LogP contribution < -0.4 is 14.2 Å². The highest BCUT2D eigenvalue weighted by Gasteiger charge is 2.19. The Hall–Kier alpha value is -2.93. The molecule has 0 atom stereocenters. The number of ether oxygens (including phenoxy) is 3. The maximum Gasteiger partial charge on any atom is 0.323 e. The molecule has 0 bridgehead atoms. The molecule has 144 valence electrons. The molecule has 0 aromatic heterocycles. The summed E-state index contributed by atoms with van der Waals surface area (Å²) in [5.41, 5.74) is 0.665. The number of carbonyl (C=O) groups excluding carboxylic acids is 1. The van der Waals surface area contributed by atoms with E-state index in [4.69, 9.17) is 30.9 Å². The fourth-order valence-electron chi connectivity index (χ4n) is 2.37. The summed E-state index contributed by atoms with van der Waals surface area (Å²) in [6, 6.07) is 11.8. The lowest BCUT2D eigenvalue weighted by molar-refractivity contribution is -0.145. The third-order valence-corrected chi connectivity index (χ3v) is 3.96. The number of benzene rings is 2. The van der Waals surface area contributed by atoms with E-state index in [1.165, 1.54) is 19.1 Å². The number of methoxy groups -OCH3 is 2. The van der Waals surface area contributed by atoms with Crippen LogP contribution in [0.5, 0.6) is 17.2 Å². The van der Waals surface area contributed by atoms with E-state index >= 15 is 0 Å². The van der Waals surface area contributed by atoms with Crippen molar-refractivity contribution < 1.29 is 28.9 Å². The second-order valence-corrected chi connectivity index (χ2v) is 5.99. The molecule has 0 aliphatic heterocycles. The van der Waals surface area contributed by atoms with Crippen LogP contribution in [0, 0.1) is 0 Å². The molecule has 0 saturated heterocycles. The highest BCUT2D eigenvalue weighted by atomic mass is 35.5. The number of nitrogens with zero attached hydrogens (tertiary/aromatic N) is 1. The summed E-state index contributed by atoms with van der Waals surface area (Å²) in [5, 5.41) is 9.50. The van der Waals surface area contributed by atoms with E-state index in [2.05, 4.69) is 0 Å². The van der Waals surface area contributed by atoms with Crippen LogP contribution in [-0.2, 0) is 16.1 Å². The molecule has 0 heterocycles. The van der Waals surface area contributed by atoms with Crippen molar-refractivity contribution in [1.29, 1.82) is 0 Å². The highest BCUT2D eigenvalue weighted by molar-refractivity contribution is 6.32. The summed E-state index contributed by atoms with van der Waals surface area (Å²) in [7, 11) is 3.02. The van der Waals surface area contributed by atoms with E-state index in [1.54, 1.807) is 42.5 Å². The van der Waals surface area contributed by atoms with Crippen LogP contribution in [-0.4, -0.2) is 49.3 Å². The lowest BCUT2D eigenvalue weighted by Crippen LogP contribution is -2.38. The van der Waals surface area contributed by atoms with Crippen LogP contribution in [0.15, 0.2) is 42.5 Å². The minimum absolute atomic E-state index is 0.0601. The maximum absolute atomic E-state index is 12.5. The molecule has 1 amide bonds. The molecule has 27 heavy (non-hydrogen) atoms. The molecule has 7 nitrogen and oxygen atoms in total. The summed E-state index contributed by atoms with van der Waals surface area (Å²) >= 11 is 6.00. The molecule has 0 fully saturated rings. The van der Waals surface area contributed by atoms with Crippen LogP contribution >= 0.6 is 11.6 Å². The first-order chi connectivity index (χ1) is 12.9. The van der Waals surface area contributed by atoms with Crippen LogP contribution in [0.3, 0.4) is 0 Å². The van der Waals surface area contributed by atoms with Crippen molar-refractivity contribution in [2.75, 3.05) is 27.4 Å². The molecule has 2 aromatic carbocycles. The molecule has 0 radical (unpaired) electrons. The summed E-state index contributed by atoms with van der Waals surface area (Å²) in [5.74, 6) is -0.181. The molecule has 8 heteroatoms. The highest BCUT2D eigenvalue weighted by Crippen LogP contribution is 2.24. The summed E-state index contributed by atoms with van der Waals surface area (Å²) in [6.07, 6.45) is 0. The molecular weight excluding hydrogens is 374 g/mol. The fourth-order valence-corrected chi connectivity index (χ4v) is 2.56. The average Bonchev–Trinajstić information content (AvgIpc) is 2.65. The molecule has 0 saturated carbocycles. The first-order valence-corrected chi connectivity index (χ1v) is 8.39. The van der Waals surface area contributed by atoms with Gasteiger partial charge < -0.3 is 24.2 Å². The third-order valence-electron chi connectivity index (χ3n) is 3.65. The predicted molar refractivity (Wildman–Crippen MR) is 99.5 cm³/mol. The van der Waals surface area contributed by atoms with Gasteiger partial charge in [-0.3, -0.25) is 9.59 Å². The number of rotatable bonds is 9. The largest absolute Gasteiger partial charge is 0.497 e. The SMILES string of the molecule is COc1cc(CN(CC(=O)O)C(=O)COc2ccccc2Cl)cc(OC)c1. The number of halogens is 1. The van der Waals surface area contributed by atoms with Crippen molar-refractivity contribution >= 4 is 23.5 Å². The Morgan fingerprint density at radius 1 is 1.07 bits per heavy atom. The third kappa shape index (κ3) is 6.07. The Morgan fingerprint density at radius 2 is 1.70 bits per heavy atom. The lowest BCUT2D eigenvalue weighted by Gasteiger charge is -2.21. The van der Waals surface area contributed by atoms with Crippen LogP contribution in [0.2, 0.25) is 5.02 Å². The second-order valence-electron chi connectivity index (χ2n) is 5.58. The fraction of sp³-hybridized carbons (Fsp3) is 0.263. The van der Waals surface area contributed by atoms with Gasteiger partial charge in [0.05, 0.1) is 19.2 Å². The van der Waals surface area contributed by atoms with Gasteiger partial charge in [-0.15, -0.1) is 0 Å². The second kappa shape index (κ2) is 9.68. The summed E-state index contributed by atoms with van der Waals surface area (Å²) < 4.78 is 15.8. The van der Waals surface area contributed by atoms with E-state index in [-0.39, 0.29) is 13.2 Å². The smallest absolute Gasteiger partial charge is 0.323 e. The van der Waals surface area contributed by atoms with Crippen molar-refractivity contribution in [3.05, 3.63) is 53.1 Å². The van der Waals surface area contributed by atoms with Crippen molar-refractivity contribution in [3.63, 3.8) is 0 Å². The molecule has 0 aliphatic carbocycles. The zero-order chi connectivity index (χ0) is 19.8. The number of carbonyl (C=O) groups is 2. The number of hydrogen-bond acceptors (Lipinski definition) is 5. The number of hydrogen-bond donors (Lipinski definition) is 1. The normalized spacial score (nSPS) is 10.2. The van der Waals surface area contributed by atoms with E-state index in [1.807, 2.05) is 0 Å². The molecule has 2 rings (SSSR count). The standard InChI is InChI=1S/C19H20ClNO6/c1-25-14-7-13(8-15(9-14)26-2)10-21(11-19(23)24)18(22)12-27-17-6-4-3-5-16(17)20/h3-9H,10-12H2,1-2H3,(H,23,24). The molecule has 0 unspecified atom stereocenters. The number of aliphatic carboxylic acids is 1. The number of para-hydroxylation sites is 1. The molecule has 0 spiro atoms. The average molecular weight is 394 g/mol. The van der Waals surface area contributed by atoms with E-state index < -0.39 is 18.4 Å². The lowest BCUT2D eigenvalue weighted by atomic mass is 10.2. The first kappa shape index (κ1) is 20.4. The van der Waals surface area contributed by atoms with Crippen LogP contribution in [0.4, 0.5) is 0 Å². The van der Waals surface area contributed by atoms with Gasteiger partial charge in [0.25, 0.3) is 5.91 Å². The van der Waals surface area contributed by atoms with Gasteiger partial charge in [-0.05, 0) is 29.8 Å². The van der Waals surface area contributed by atoms with Gasteiger partial charge in [-0.25, -0.2) is 0 Å². The zero-order valence-electron chi connectivity index (χ0n) is 15.0. The predicted octanol–water partition coefficient (Wildman–Crippen LogP) is 2.85. The number of carboxylic acids is 1. The van der Waals surface area contributed by atoms with Gasteiger partial charge in [-0.2, -0.15) is 0 Å². The Morgan fingerprint density at radius 3 is 2.26 bits per heavy atom. The Kier molecular flexibility index (Phi) is 7.31. The van der Waals surface area contributed by atoms with Crippen molar-refractivity contribution in [1.82, 2.24) is 4.90 Å².